The summed E-state index contributed by atoms with van der Waals surface area (Å²) >= 11 is 5.36. The zero-order valence-corrected chi connectivity index (χ0v) is 19.6. The molecular weight excluding hydrogens is 452 g/mol. The third-order valence-corrected chi connectivity index (χ3v) is 5.52. The third kappa shape index (κ3) is 4.77. The first-order chi connectivity index (χ1) is 16.4. The second-order valence-electron chi connectivity index (χ2n) is 7.49. The number of fused-ring (bicyclic) bond motifs is 1. The lowest BCUT2D eigenvalue weighted by Crippen LogP contribution is -2.34. The van der Waals surface area contributed by atoms with Gasteiger partial charge in [-0.1, -0.05) is 30.3 Å². The van der Waals surface area contributed by atoms with Crippen LogP contribution in [0.4, 0.5) is 5.69 Å². The van der Waals surface area contributed by atoms with Gasteiger partial charge < -0.3 is 19.2 Å². The Balaban J connectivity index is 1.56. The second kappa shape index (κ2) is 9.76. The molecule has 7 nitrogen and oxygen atoms in total. The number of rotatable bonds is 5. The van der Waals surface area contributed by atoms with E-state index < -0.39 is 11.5 Å². The standard InChI is InChI=1S/C26H22N2O5S/c1-15-8-9-16(20-12-17-6-4-5-7-22(17)33-25(20)30)13-21(15)27-26(34)28-24(29)19-11-10-18(31-2)14-23(19)32-3/h4-14H,1-3H3,(H2,27,28,29,34). The molecule has 0 aliphatic heterocycles. The summed E-state index contributed by atoms with van der Waals surface area (Å²) in [6, 6.07) is 19.5. The van der Waals surface area contributed by atoms with Gasteiger partial charge in [0.25, 0.3) is 5.91 Å². The highest BCUT2D eigenvalue weighted by Crippen LogP contribution is 2.27. The molecule has 0 aliphatic carbocycles. The molecule has 0 saturated heterocycles. The van der Waals surface area contributed by atoms with Crippen LogP contribution in [-0.4, -0.2) is 25.2 Å². The number of ether oxygens (including phenoxy) is 2. The molecule has 4 aromatic rings. The molecule has 0 atom stereocenters. The summed E-state index contributed by atoms with van der Waals surface area (Å²) in [5.74, 6) is 0.501. The molecule has 172 valence electrons. The first-order valence-electron chi connectivity index (χ1n) is 10.4. The van der Waals surface area contributed by atoms with Gasteiger partial charge in [0, 0.05) is 17.1 Å². The van der Waals surface area contributed by atoms with Crippen molar-refractivity contribution in [1.29, 1.82) is 0 Å². The molecule has 0 radical (unpaired) electrons. The molecule has 2 N–H and O–H groups in total. The number of thiocarbonyl (C=S) groups is 1. The Labute approximate surface area is 201 Å². The van der Waals surface area contributed by atoms with Crippen LogP contribution in [0.5, 0.6) is 11.5 Å². The number of aryl methyl sites for hydroxylation is 1. The maximum atomic E-state index is 12.8. The number of benzene rings is 3. The average molecular weight is 475 g/mol. The number of para-hydroxylation sites is 1. The van der Waals surface area contributed by atoms with Crippen LogP contribution in [0.2, 0.25) is 0 Å². The van der Waals surface area contributed by atoms with Crippen molar-refractivity contribution < 1.29 is 18.7 Å². The molecular formula is C26H22N2O5S. The number of hydrogen-bond donors (Lipinski definition) is 2. The first kappa shape index (κ1) is 23.0. The molecule has 0 aliphatic rings. The minimum Gasteiger partial charge on any atom is -0.497 e. The van der Waals surface area contributed by atoms with Crippen molar-refractivity contribution in [3.63, 3.8) is 0 Å². The van der Waals surface area contributed by atoms with E-state index in [4.69, 9.17) is 26.1 Å². The zero-order chi connectivity index (χ0) is 24.2. The van der Waals surface area contributed by atoms with Gasteiger partial charge in [0.1, 0.15) is 17.1 Å². The summed E-state index contributed by atoms with van der Waals surface area (Å²) in [7, 11) is 3.01. The summed E-state index contributed by atoms with van der Waals surface area (Å²) in [6.07, 6.45) is 0. The highest BCUT2D eigenvalue weighted by Gasteiger charge is 2.16. The Bertz CT molecular complexity index is 1460. The molecule has 0 unspecified atom stereocenters. The van der Waals surface area contributed by atoms with Gasteiger partial charge in [-0.2, -0.15) is 0 Å². The molecule has 1 aromatic heterocycles. The summed E-state index contributed by atoms with van der Waals surface area (Å²) in [5.41, 5.74) is 3.03. The van der Waals surface area contributed by atoms with E-state index in [2.05, 4.69) is 10.6 Å². The van der Waals surface area contributed by atoms with Gasteiger partial charge in [-0.15, -0.1) is 0 Å². The molecule has 4 rings (SSSR count). The molecule has 34 heavy (non-hydrogen) atoms. The first-order valence-corrected chi connectivity index (χ1v) is 10.8. The van der Waals surface area contributed by atoms with Crippen LogP contribution < -0.4 is 25.7 Å². The maximum Gasteiger partial charge on any atom is 0.344 e. The van der Waals surface area contributed by atoms with Crippen molar-refractivity contribution in [2.24, 2.45) is 0 Å². The van der Waals surface area contributed by atoms with Crippen LogP contribution in [0.25, 0.3) is 22.1 Å². The fourth-order valence-electron chi connectivity index (χ4n) is 3.50. The Morgan fingerprint density at radius 1 is 0.971 bits per heavy atom. The van der Waals surface area contributed by atoms with Crippen LogP contribution in [-0.2, 0) is 0 Å². The molecule has 0 bridgehead atoms. The van der Waals surface area contributed by atoms with Crippen molar-refractivity contribution in [2.75, 3.05) is 19.5 Å². The SMILES string of the molecule is COc1ccc(C(=O)NC(=S)Nc2cc(-c3cc4ccccc4oc3=O)ccc2C)c(OC)c1. The van der Waals surface area contributed by atoms with Crippen LogP contribution in [0, 0.1) is 6.92 Å². The summed E-state index contributed by atoms with van der Waals surface area (Å²) < 4.78 is 15.9. The predicted molar refractivity (Wildman–Crippen MR) is 136 cm³/mol. The van der Waals surface area contributed by atoms with Gasteiger partial charge in [0.15, 0.2) is 5.11 Å². The molecule has 0 spiro atoms. The van der Waals surface area contributed by atoms with Crippen molar-refractivity contribution in [1.82, 2.24) is 5.32 Å². The monoisotopic (exact) mass is 474 g/mol. The van der Waals surface area contributed by atoms with Crippen LogP contribution in [0.15, 0.2) is 75.9 Å². The van der Waals surface area contributed by atoms with Crippen LogP contribution in [0.1, 0.15) is 15.9 Å². The molecule has 1 amide bonds. The van der Waals surface area contributed by atoms with E-state index in [0.717, 1.165) is 10.9 Å². The van der Waals surface area contributed by atoms with Crippen molar-refractivity contribution in [3.05, 3.63) is 88.3 Å². The fraction of sp³-hybridized carbons (Fsp3) is 0.115. The van der Waals surface area contributed by atoms with Gasteiger partial charge in [0.2, 0.25) is 0 Å². The average Bonchev–Trinajstić information content (AvgIpc) is 2.84. The van der Waals surface area contributed by atoms with E-state index in [1.807, 2.05) is 37.3 Å². The normalized spacial score (nSPS) is 10.6. The number of nitrogens with one attached hydrogen (secondary N) is 2. The van der Waals surface area contributed by atoms with Crippen molar-refractivity contribution in [3.8, 4) is 22.6 Å². The van der Waals surface area contributed by atoms with Gasteiger partial charge in [-0.25, -0.2) is 4.79 Å². The number of hydrogen-bond acceptors (Lipinski definition) is 6. The summed E-state index contributed by atoms with van der Waals surface area (Å²) in [6.45, 7) is 1.89. The smallest absolute Gasteiger partial charge is 0.344 e. The quantitative estimate of drug-likeness (QED) is 0.314. The second-order valence-corrected chi connectivity index (χ2v) is 7.90. The Hall–Kier alpha value is -4.17. The molecule has 8 heteroatoms. The third-order valence-electron chi connectivity index (χ3n) is 5.32. The molecule has 1 heterocycles. The summed E-state index contributed by atoms with van der Waals surface area (Å²) in [5, 5.41) is 6.63. The largest absolute Gasteiger partial charge is 0.497 e. The highest BCUT2D eigenvalue weighted by molar-refractivity contribution is 7.80. The van der Waals surface area contributed by atoms with E-state index in [-0.39, 0.29) is 5.11 Å². The van der Waals surface area contributed by atoms with Crippen molar-refractivity contribution >= 4 is 39.9 Å². The van der Waals surface area contributed by atoms with E-state index in [9.17, 15) is 9.59 Å². The van der Waals surface area contributed by atoms with Gasteiger partial charge in [-0.3, -0.25) is 10.1 Å². The van der Waals surface area contributed by atoms with Gasteiger partial charge in [0.05, 0.1) is 25.3 Å². The Morgan fingerprint density at radius 2 is 1.76 bits per heavy atom. The topological polar surface area (TPSA) is 89.8 Å². The van der Waals surface area contributed by atoms with Gasteiger partial charge >= 0.3 is 5.63 Å². The van der Waals surface area contributed by atoms with Crippen molar-refractivity contribution in [2.45, 2.75) is 6.92 Å². The van der Waals surface area contributed by atoms with Crippen LogP contribution >= 0.6 is 12.2 Å². The van der Waals surface area contributed by atoms with E-state index in [1.165, 1.54) is 14.2 Å². The number of amides is 1. The number of carbonyl (C=O) groups excluding carboxylic acids is 1. The van der Waals surface area contributed by atoms with Crippen LogP contribution in [0.3, 0.4) is 0 Å². The van der Waals surface area contributed by atoms with E-state index >= 15 is 0 Å². The minimum atomic E-state index is -0.434. The highest BCUT2D eigenvalue weighted by atomic mass is 32.1. The number of anilines is 1. The van der Waals surface area contributed by atoms with Gasteiger partial charge in [-0.05, 0) is 60.6 Å². The lowest BCUT2D eigenvalue weighted by molar-refractivity contribution is 0.0974. The molecule has 0 fully saturated rings. The lowest BCUT2D eigenvalue weighted by atomic mass is 10.0. The molecule has 0 saturated carbocycles. The van der Waals surface area contributed by atoms with E-state index in [1.54, 1.807) is 36.4 Å². The Kier molecular flexibility index (Phi) is 6.60. The predicted octanol–water partition coefficient (Wildman–Crippen LogP) is 4.91. The minimum absolute atomic E-state index is 0.105. The lowest BCUT2D eigenvalue weighted by Gasteiger charge is -2.14. The Morgan fingerprint density at radius 3 is 2.53 bits per heavy atom. The number of carbonyl (C=O) groups is 1. The fourth-order valence-corrected chi connectivity index (χ4v) is 3.70. The maximum absolute atomic E-state index is 12.8. The molecule has 3 aromatic carbocycles. The number of methoxy groups -OCH3 is 2. The summed E-state index contributed by atoms with van der Waals surface area (Å²) in [4.78, 5) is 25.3. The van der Waals surface area contributed by atoms with E-state index in [0.29, 0.717) is 39.5 Å². The zero-order valence-electron chi connectivity index (χ0n) is 18.8.